The van der Waals surface area contributed by atoms with Crippen molar-refractivity contribution in [1.82, 2.24) is 0 Å². The topological polar surface area (TPSA) is 64.6 Å². The van der Waals surface area contributed by atoms with Gasteiger partial charge in [-0.1, -0.05) is 17.7 Å². The Bertz CT molecular complexity index is 642. The molecule has 0 saturated heterocycles. The van der Waals surface area contributed by atoms with Crippen molar-refractivity contribution in [2.45, 2.75) is 51.9 Å². The summed E-state index contributed by atoms with van der Waals surface area (Å²) >= 11 is 8.14. The van der Waals surface area contributed by atoms with Gasteiger partial charge in [0, 0.05) is 14.3 Å². The van der Waals surface area contributed by atoms with Gasteiger partial charge in [-0.15, -0.1) is 6.58 Å². The number of carbonyl (C=O) groups is 2. The van der Waals surface area contributed by atoms with E-state index in [0.717, 1.165) is 3.57 Å². The summed E-state index contributed by atoms with van der Waals surface area (Å²) in [7, 11) is 0. The van der Waals surface area contributed by atoms with Gasteiger partial charge in [0.2, 0.25) is 0 Å². The number of halogens is 2. The minimum Gasteiger partial charge on any atom is -0.457 e. The number of benzene rings is 1. The zero-order chi connectivity index (χ0) is 19.2. The smallest absolute Gasteiger partial charge is 0.347 e. The van der Waals surface area contributed by atoms with E-state index in [1.165, 1.54) is 6.92 Å². The summed E-state index contributed by atoms with van der Waals surface area (Å²) in [6.45, 7) is 10.4. The van der Waals surface area contributed by atoms with Gasteiger partial charge in [0.25, 0.3) is 0 Å². The molecule has 0 spiro atoms. The molecule has 0 amide bonds. The number of rotatable bonds is 7. The molecule has 0 radical (unpaired) electrons. The van der Waals surface area contributed by atoms with E-state index in [2.05, 4.69) is 34.5 Å². The maximum atomic E-state index is 12.4. The molecule has 2 atom stereocenters. The maximum absolute atomic E-state index is 12.4. The Labute approximate surface area is 167 Å². The van der Waals surface area contributed by atoms with Crippen LogP contribution in [0.25, 0.3) is 0 Å². The summed E-state index contributed by atoms with van der Waals surface area (Å²) in [4.78, 5) is 24.4. The van der Waals surface area contributed by atoms with E-state index in [0.29, 0.717) is 17.1 Å². The van der Waals surface area contributed by atoms with Crippen molar-refractivity contribution < 1.29 is 19.1 Å². The summed E-state index contributed by atoms with van der Waals surface area (Å²) in [6.07, 6.45) is 0.941. The highest BCUT2D eigenvalue weighted by Gasteiger charge is 2.28. The lowest BCUT2D eigenvalue weighted by Gasteiger charge is -2.24. The Kier molecular flexibility index (Phi) is 8.21. The highest BCUT2D eigenvalue weighted by Crippen LogP contribution is 2.24. The van der Waals surface area contributed by atoms with E-state index in [4.69, 9.17) is 21.1 Å². The molecule has 0 aromatic heterocycles. The van der Waals surface area contributed by atoms with Crippen molar-refractivity contribution in [2.24, 2.45) is 0 Å². The van der Waals surface area contributed by atoms with Gasteiger partial charge >= 0.3 is 11.9 Å². The predicted molar refractivity (Wildman–Crippen MR) is 108 cm³/mol. The van der Waals surface area contributed by atoms with Gasteiger partial charge in [-0.2, -0.15) is 0 Å². The molecular weight excluding hydrogens is 457 g/mol. The molecule has 0 aliphatic carbocycles. The molecule has 0 saturated carbocycles. The first-order valence-corrected chi connectivity index (χ1v) is 9.25. The van der Waals surface area contributed by atoms with Gasteiger partial charge in [0.05, 0.1) is 0 Å². The number of esters is 2. The van der Waals surface area contributed by atoms with Crippen LogP contribution in [0.5, 0.6) is 0 Å². The lowest BCUT2D eigenvalue weighted by Crippen LogP contribution is -2.38. The molecule has 0 fully saturated rings. The van der Waals surface area contributed by atoms with Gasteiger partial charge in [-0.05, 0) is 74.9 Å². The second-order valence-electron chi connectivity index (χ2n) is 6.46. The molecular formula is C18H23ClINO4. The van der Waals surface area contributed by atoms with Crippen molar-refractivity contribution in [2.75, 3.05) is 5.32 Å². The van der Waals surface area contributed by atoms with Gasteiger partial charge in [-0.25, -0.2) is 9.59 Å². The molecule has 0 aliphatic rings. The highest BCUT2D eigenvalue weighted by atomic mass is 127. The van der Waals surface area contributed by atoms with E-state index < -0.39 is 29.7 Å². The van der Waals surface area contributed by atoms with Gasteiger partial charge < -0.3 is 14.8 Å². The molecule has 5 nitrogen and oxygen atoms in total. The fourth-order valence-electron chi connectivity index (χ4n) is 1.87. The third-order valence-corrected chi connectivity index (χ3v) is 4.15. The third kappa shape index (κ3) is 7.64. The van der Waals surface area contributed by atoms with Crippen LogP contribution in [0, 0.1) is 3.57 Å². The molecule has 138 valence electrons. The van der Waals surface area contributed by atoms with Crippen molar-refractivity contribution >= 4 is 51.8 Å². The van der Waals surface area contributed by atoms with Crippen molar-refractivity contribution in [1.29, 1.82) is 0 Å². The minimum atomic E-state index is -1.00. The number of hydrogen-bond acceptors (Lipinski definition) is 5. The van der Waals surface area contributed by atoms with E-state index in [-0.39, 0.29) is 0 Å². The fraction of sp³-hybridized carbons (Fsp3) is 0.444. The quantitative estimate of drug-likeness (QED) is 0.352. The largest absolute Gasteiger partial charge is 0.457 e. The van der Waals surface area contributed by atoms with Crippen molar-refractivity contribution in [3.05, 3.63) is 39.4 Å². The molecule has 25 heavy (non-hydrogen) atoms. The third-order valence-electron chi connectivity index (χ3n) is 2.98. The molecule has 1 rings (SSSR count). The normalized spacial score (nSPS) is 13.5. The number of anilines is 1. The average Bonchev–Trinajstić information content (AvgIpc) is 2.48. The van der Waals surface area contributed by atoms with Gasteiger partial charge in [-0.3, -0.25) is 0 Å². The lowest BCUT2D eigenvalue weighted by atomic mass is 10.2. The molecule has 1 N–H and O–H groups in total. The number of ether oxygens (including phenoxy) is 2. The van der Waals surface area contributed by atoms with Crippen LogP contribution >= 0.6 is 34.2 Å². The summed E-state index contributed by atoms with van der Waals surface area (Å²) in [6, 6.07) is 4.64. The maximum Gasteiger partial charge on any atom is 0.347 e. The molecule has 7 heteroatoms. The first kappa shape index (κ1) is 21.8. The Balaban J connectivity index is 2.81. The molecule has 0 aliphatic heterocycles. The summed E-state index contributed by atoms with van der Waals surface area (Å²) < 4.78 is 11.4. The Hall–Kier alpha value is -1.28. The van der Waals surface area contributed by atoms with Crippen LogP contribution in [0.3, 0.4) is 0 Å². The first-order chi connectivity index (χ1) is 11.5. The van der Waals surface area contributed by atoms with Crippen LogP contribution in [0.1, 0.15) is 34.1 Å². The number of carbonyl (C=O) groups excluding carboxylic acids is 2. The molecule has 1 aromatic rings. The zero-order valence-corrected chi connectivity index (χ0v) is 17.7. The standard InChI is InChI=1S/C18H23ClINO4/c1-6-7-14(21-15-10-12(19)8-9-13(15)20)17(23)24-11(2)16(22)25-18(3,4)5/h6,8-11,14,21H,1,7H2,2-5H3/t11-,14+/m1/s1. The van der Waals surface area contributed by atoms with E-state index in [1.807, 2.05) is 6.07 Å². The molecule has 1 aromatic carbocycles. The molecule has 0 heterocycles. The summed E-state index contributed by atoms with van der Waals surface area (Å²) in [5.41, 5.74) is 0.0646. The summed E-state index contributed by atoms with van der Waals surface area (Å²) in [5.74, 6) is -1.15. The van der Waals surface area contributed by atoms with Crippen molar-refractivity contribution in [3.8, 4) is 0 Å². The highest BCUT2D eigenvalue weighted by molar-refractivity contribution is 14.1. The summed E-state index contributed by atoms with van der Waals surface area (Å²) in [5, 5.41) is 3.64. The van der Waals surface area contributed by atoms with E-state index >= 15 is 0 Å². The Morgan fingerprint density at radius 2 is 2.00 bits per heavy atom. The SMILES string of the molecule is C=CC[C@H](Nc1cc(Cl)ccc1I)C(=O)O[C@H](C)C(=O)OC(C)(C)C. The average molecular weight is 480 g/mol. The van der Waals surface area contributed by atoms with Crippen LogP contribution in [-0.4, -0.2) is 29.7 Å². The Morgan fingerprint density at radius 3 is 2.56 bits per heavy atom. The van der Waals surface area contributed by atoms with E-state index in [9.17, 15) is 9.59 Å². The minimum absolute atomic E-state index is 0.336. The molecule has 0 bridgehead atoms. The second kappa shape index (κ2) is 9.43. The second-order valence-corrected chi connectivity index (χ2v) is 8.06. The van der Waals surface area contributed by atoms with Gasteiger partial charge in [0.1, 0.15) is 11.6 Å². The molecule has 0 unspecified atom stereocenters. The van der Waals surface area contributed by atoms with E-state index in [1.54, 1.807) is 39.0 Å². The van der Waals surface area contributed by atoms with Gasteiger partial charge in [0.15, 0.2) is 6.10 Å². The monoisotopic (exact) mass is 479 g/mol. The fourth-order valence-corrected chi connectivity index (χ4v) is 2.53. The van der Waals surface area contributed by atoms with Crippen LogP contribution in [0.2, 0.25) is 5.02 Å². The number of nitrogens with one attached hydrogen (secondary N) is 1. The van der Waals surface area contributed by atoms with Crippen molar-refractivity contribution in [3.63, 3.8) is 0 Å². The first-order valence-electron chi connectivity index (χ1n) is 7.79. The lowest BCUT2D eigenvalue weighted by molar-refractivity contribution is -0.174. The predicted octanol–water partition coefficient (Wildman–Crippen LogP) is 4.57. The van der Waals surface area contributed by atoms with Crippen LogP contribution in [0.4, 0.5) is 5.69 Å². The van der Waals surface area contributed by atoms with Crippen LogP contribution < -0.4 is 5.32 Å². The van der Waals surface area contributed by atoms with Crippen LogP contribution in [-0.2, 0) is 19.1 Å². The number of hydrogen-bond donors (Lipinski definition) is 1. The van der Waals surface area contributed by atoms with Crippen LogP contribution in [0.15, 0.2) is 30.9 Å². The zero-order valence-electron chi connectivity index (χ0n) is 14.8. The Morgan fingerprint density at radius 1 is 1.36 bits per heavy atom.